The third-order valence-electron chi connectivity index (χ3n) is 2.24. The van der Waals surface area contributed by atoms with E-state index in [1.807, 2.05) is 0 Å². The van der Waals surface area contributed by atoms with Crippen LogP contribution in [0.1, 0.15) is 27.7 Å². The molecule has 0 saturated heterocycles. The van der Waals surface area contributed by atoms with Crippen LogP contribution < -0.4 is 24.8 Å². The molecule has 0 spiro atoms. The largest absolute Gasteiger partial charge is 3.00 e. The molecule has 0 aromatic rings. The van der Waals surface area contributed by atoms with Crippen LogP contribution >= 0.6 is 0 Å². The molecule has 0 N–H and O–H groups in total. The molecular weight excluding hydrogens is 270 g/mol. The fraction of sp³-hybridized carbons (Fsp3) is 0.556. The molecule has 1 unspecified atom stereocenters. The summed E-state index contributed by atoms with van der Waals surface area (Å²) in [5.41, 5.74) is 4.25. The van der Waals surface area contributed by atoms with Crippen molar-refractivity contribution in [1.82, 2.24) is 0 Å². The third kappa shape index (κ3) is 3.77. The molecule has 0 aromatic heterocycles. The van der Waals surface area contributed by atoms with Crippen molar-refractivity contribution in [1.29, 1.82) is 0 Å². The summed E-state index contributed by atoms with van der Waals surface area (Å²) < 4.78 is 0. The Morgan fingerprint density at radius 1 is 1.08 bits per heavy atom. The van der Waals surface area contributed by atoms with Gasteiger partial charge >= 0.3 is 26.2 Å². The van der Waals surface area contributed by atoms with Crippen molar-refractivity contribution >= 4 is 0 Å². The van der Waals surface area contributed by atoms with E-state index in [1.165, 1.54) is 16.7 Å². The van der Waals surface area contributed by atoms with Gasteiger partial charge in [0.15, 0.2) is 0 Å². The van der Waals surface area contributed by atoms with Crippen LogP contribution in [0, 0.1) is 12.0 Å². The van der Waals surface area contributed by atoms with E-state index in [2.05, 4.69) is 33.8 Å². The molecule has 1 atom stereocenters. The minimum Gasteiger partial charge on any atom is -1.00 e. The Labute approximate surface area is 107 Å². The van der Waals surface area contributed by atoms with E-state index in [9.17, 15) is 0 Å². The Kier molecular flexibility index (Phi) is 11.4. The average molecular weight is 283 g/mol. The average Bonchev–Trinajstić information content (AvgIpc) is 1.98. The summed E-state index contributed by atoms with van der Waals surface area (Å²) in [5, 5.41) is 0. The van der Waals surface area contributed by atoms with Crippen LogP contribution in [0.2, 0.25) is 0 Å². The fourth-order valence-corrected chi connectivity index (χ4v) is 1.16. The Hall–Kier alpha value is 0.943. The van der Waals surface area contributed by atoms with Crippen molar-refractivity contribution in [3.63, 3.8) is 0 Å². The molecule has 0 fully saturated rings. The molecule has 0 aliphatic heterocycles. The minimum atomic E-state index is 0. The number of halogens is 2. The van der Waals surface area contributed by atoms with Gasteiger partial charge in [-0.15, -0.1) is 6.92 Å². The zero-order chi connectivity index (χ0) is 7.02. The quantitative estimate of drug-likeness (QED) is 0.409. The summed E-state index contributed by atoms with van der Waals surface area (Å²) in [5.74, 6) is 0.560. The van der Waals surface area contributed by atoms with Gasteiger partial charge in [-0.2, -0.15) is 11.1 Å². The first kappa shape index (κ1) is 18.7. The first-order valence-corrected chi connectivity index (χ1v) is 3.40. The molecule has 0 amide bonds. The topological polar surface area (TPSA) is 0 Å². The summed E-state index contributed by atoms with van der Waals surface area (Å²) in [6, 6.07) is 0. The maximum absolute atomic E-state index is 3.36. The van der Waals surface area contributed by atoms with Crippen molar-refractivity contribution in [3.05, 3.63) is 22.8 Å². The van der Waals surface area contributed by atoms with Crippen LogP contribution in [0.15, 0.2) is 16.7 Å². The van der Waals surface area contributed by atoms with E-state index < -0.39 is 0 Å². The van der Waals surface area contributed by atoms with Gasteiger partial charge in [-0.1, -0.05) is 26.7 Å². The predicted molar refractivity (Wildman–Crippen MR) is 40.0 cm³/mol. The van der Waals surface area contributed by atoms with Gasteiger partial charge in [0.25, 0.3) is 0 Å². The minimum absolute atomic E-state index is 0. The summed E-state index contributed by atoms with van der Waals surface area (Å²) in [6.07, 6.45) is 3.36. The predicted octanol–water partition coefficient (Wildman–Crippen LogP) is -3.27. The Bertz CT molecular complexity index is 195. The summed E-state index contributed by atoms with van der Waals surface area (Å²) >= 11 is 0. The van der Waals surface area contributed by atoms with E-state index >= 15 is 0 Å². The maximum atomic E-state index is 3.36. The standard InChI is InChI=1S/C9H13.2ClH.Zr/c1-6-5-7(2)9(4)8(6)3;;;/h6H,1-4H3;2*1H;/q-1;;;+3/p-2. The molecule has 0 bridgehead atoms. The van der Waals surface area contributed by atoms with Crippen LogP contribution in [0.5, 0.6) is 0 Å². The number of rotatable bonds is 0. The number of hydrogen-bond donors (Lipinski definition) is 0. The second kappa shape index (κ2) is 7.36. The zero-order valence-corrected chi connectivity index (χ0v) is 11.8. The van der Waals surface area contributed by atoms with Crippen molar-refractivity contribution in [3.8, 4) is 0 Å². The van der Waals surface area contributed by atoms with Crippen LogP contribution in [-0.2, 0) is 26.2 Å². The van der Waals surface area contributed by atoms with E-state index in [4.69, 9.17) is 0 Å². The van der Waals surface area contributed by atoms with Crippen LogP contribution in [0.4, 0.5) is 0 Å². The Morgan fingerprint density at radius 3 is 1.58 bits per heavy atom. The van der Waals surface area contributed by atoms with Gasteiger partial charge in [0.05, 0.1) is 0 Å². The maximum Gasteiger partial charge on any atom is 3.00 e. The van der Waals surface area contributed by atoms with Crippen LogP contribution in [-0.4, -0.2) is 0 Å². The van der Waals surface area contributed by atoms with Gasteiger partial charge in [0.1, 0.15) is 0 Å². The van der Waals surface area contributed by atoms with Gasteiger partial charge < -0.3 is 24.8 Å². The second-order valence-corrected chi connectivity index (χ2v) is 2.80. The zero-order valence-electron chi connectivity index (χ0n) is 7.83. The Balaban J connectivity index is -0.000000270. The fourth-order valence-electron chi connectivity index (χ4n) is 1.16. The molecule has 3 heteroatoms. The molecule has 0 nitrogen and oxygen atoms in total. The SMILES string of the molecule is CC1=[C-]C(C)C(C)=C1C.[Cl-].[Cl-].[Zr+3]. The molecule has 1 aliphatic carbocycles. The van der Waals surface area contributed by atoms with Gasteiger partial charge in [-0.05, 0) is 0 Å². The molecule has 1 rings (SSSR count). The molecule has 1 radical (unpaired) electrons. The molecule has 0 heterocycles. The first-order chi connectivity index (χ1) is 4.13. The normalized spacial score (nSPS) is 20.3. The van der Waals surface area contributed by atoms with E-state index in [1.54, 1.807) is 0 Å². The van der Waals surface area contributed by atoms with Gasteiger partial charge in [-0.3, -0.25) is 6.08 Å². The molecule has 67 valence electrons. The van der Waals surface area contributed by atoms with Gasteiger partial charge in [0, 0.05) is 0 Å². The van der Waals surface area contributed by atoms with Gasteiger partial charge in [-0.25, -0.2) is 5.57 Å². The first-order valence-electron chi connectivity index (χ1n) is 3.40. The molecule has 0 aromatic carbocycles. The Morgan fingerprint density at radius 2 is 1.50 bits per heavy atom. The summed E-state index contributed by atoms with van der Waals surface area (Å²) in [7, 11) is 0. The molecule has 1 aliphatic rings. The smallest absolute Gasteiger partial charge is 1.00 e. The van der Waals surface area contributed by atoms with Crippen LogP contribution in [0.3, 0.4) is 0 Å². The number of allylic oxidation sites excluding steroid dienone is 4. The van der Waals surface area contributed by atoms with Crippen molar-refractivity contribution in [2.75, 3.05) is 0 Å². The van der Waals surface area contributed by atoms with E-state index in [-0.39, 0.29) is 51.0 Å². The van der Waals surface area contributed by atoms with E-state index in [0.717, 1.165) is 0 Å². The molecule has 0 saturated carbocycles. The molecule has 12 heavy (non-hydrogen) atoms. The van der Waals surface area contributed by atoms with Crippen molar-refractivity contribution in [2.45, 2.75) is 27.7 Å². The van der Waals surface area contributed by atoms with Crippen molar-refractivity contribution < 1.29 is 51.0 Å². The van der Waals surface area contributed by atoms with Crippen LogP contribution in [0.25, 0.3) is 0 Å². The second-order valence-electron chi connectivity index (χ2n) is 2.80. The van der Waals surface area contributed by atoms with Gasteiger partial charge in [0.2, 0.25) is 0 Å². The summed E-state index contributed by atoms with van der Waals surface area (Å²) in [6.45, 7) is 8.67. The third-order valence-corrected chi connectivity index (χ3v) is 2.24. The molecular formula is C9H13Cl2Zr. The summed E-state index contributed by atoms with van der Waals surface area (Å²) in [4.78, 5) is 0. The van der Waals surface area contributed by atoms with E-state index in [0.29, 0.717) is 5.92 Å². The van der Waals surface area contributed by atoms with Crippen molar-refractivity contribution in [2.24, 2.45) is 5.92 Å². The monoisotopic (exact) mass is 281 g/mol. The number of hydrogen-bond acceptors (Lipinski definition) is 0.